The molecule has 2 aliphatic carbocycles. The van der Waals surface area contributed by atoms with Gasteiger partial charge in [-0.1, -0.05) is 92.0 Å². The fraction of sp³-hybridized carbons (Fsp3) is 0.0769. The Balaban J connectivity index is 1.38. The summed E-state index contributed by atoms with van der Waals surface area (Å²) in [5.74, 6) is 0. The highest BCUT2D eigenvalue weighted by Gasteiger charge is 2.39. The number of para-hydroxylation sites is 3. The maximum atomic E-state index is 3.21. The lowest BCUT2D eigenvalue weighted by atomic mass is 9.79. The monoisotopic (exact) mass is 522 g/mol. The fourth-order valence-electron chi connectivity index (χ4n) is 7.42. The lowest BCUT2D eigenvalue weighted by Crippen LogP contribution is -2.16. The van der Waals surface area contributed by atoms with Crippen LogP contribution in [0, 0.1) is 0 Å². The van der Waals surface area contributed by atoms with Gasteiger partial charge in [0.25, 0.3) is 0 Å². The van der Waals surface area contributed by atoms with Crippen LogP contribution in [-0.2, 0) is 5.41 Å². The Morgan fingerprint density at radius 2 is 1.20 bits per heavy atom. The zero-order valence-electron chi connectivity index (χ0n) is 22.9. The number of hydrogen-bond donors (Lipinski definition) is 0. The average Bonchev–Trinajstić information content (AvgIpc) is 3.61. The lowest BCUT2D eigenvalue weighted by Gasteiger charge is -2.23. The van der Waals surface area contributed by atoms with Crippen LogP contribution < -0.4 is 0 Å². The molecule has 41 heavy (non-hydrogen) atoms. The van der Waals surface area contributed by atoms with E-state index in [9.17, 15) is 0 Å². The summed E-state index contributed by atoms with van der Waals surface area (Å²) < 4.78 is 4.85. The topological polar surface area (TPSA) is 9.86 Å². The molecule has 0 atom stereocenters. The molecule has 5 aromatic carbocycles. The highest BCUT2D eigenvalue weighted by atomic mass is 15.0. The highest BCUT2D eigenvalue weighted by molar-refractivity contribution is 6.15. The molecule has 0 unspecified atom stereocenters. The first-order valence-electron chi connectivity index (χ1n) is 14.2. The van der Waals surface area contributed by atoms with Crippen molar-refractivity contribution in [3.8, 4) is 11.4 Å². The minimum atomic E-state index is -0.131. The van der Waals surface area contributed by atoms with Crippen molar-refractivity contribution in [2.75, 3.05) is 0 Å². The molecule has 0 aliphatic heterocycles. The summed E-state index contributed by atoms with van der Waals surface area (Å²) in [5, 5.41) is 5.16. The second-order valence-electron chi connectivity index (χ2n) is 11.7. The zero-order chi connectivity index (χ0) is 27.3. The largest absolute Gasteiger partial charge is 0.309 e. The second-order valence-corrected chi connectivity index (χ2v) is 11.7. The van der Waals surface area contributed by atoms with Crippen molar-refractivity contribution in [2.45, 2.75) is 19.3 Å². The molecule has 7 aromatic rings. The van der Waals surface area contributed by atoms with Crippen molar-refractivity contribution in [1.29, 1.82) is 0 Å². The number of fused-ring (bicyclic) bond motifs is 9. The van der Waals surface area contributed by atoms with Gasteiger partial charge in [0.15, 0.2) is 0 Å². The van der Waals surface area contributed by atoms with Crippen molar-refractivity contribution < 1.29 is 0 Å². The first-order chi connectivity index (χ1) is 20.1. The number of hydrogen-bond acceptors (Lipinski definition) is 0. The van der Waals surface area contributed by atoms with Crippen molar-refractivity contribution >= 4 is 49.2 Å². The van der Waals surface area contributed by atoms with E-state index in [1.807, 2.05) is 0 Å². The minimum Gasteiger partial charge on any atom is -0.309 e. The van der Waals surface area contributed by atoms with Gasteiger partial charge in [-0.05, 0) is 76.9 Å². The summed E-state index contributed by atoms with van der Waals surface area (Å²) in [4.78, 5) is 0. The van der Waals surface area contributed by atoms with E-state index in [-0.39, 0.29) is 5.41 Å². The summed E-state index contributed by atoms with van der Waals surface area (Å²) >= 11 is 0. The predicted octanol–water partition coefficient (Wildman–Crippen LogP) is 9.81. The van der Waals surface area contributed by atoms with Crippen LogP contribution in [0.4, 0.5) is 0 Å². The Bertz CT molecular complexity index is 2390. The van der Waals surface area contributed by atoms with Gasteiger partial charge in [0.1, 0.15) is 0 Å². The molecule has 0 fully saturated rings. The predicted molar refractivity (Wildman–Crippen MR) is 171 cm³/mol. The molecule has 2 heterocycles. The standard InChI is InChI=1S/C39H26N2/c1-39(2)32-17-9-6-14-27(32)30-22-23-35-37(38(30)39)31-16-8-11-19-34(31)41(35)26-20-21-29-28-15-7-10-18-33(28)40(36(29)24-26)25-12-4-3-5-13-25/h3-5,7-8,10-24H,1-2H3. The van der Waals surface area contributed by atoms with Gasteiger partial charge < -0.3 is 9.13 Å². The number of benzene rings is 5. The van der Waals surface area contributed by atoms with Crippen LogP contribution in [0.1, 0.15) is 25.0 Å². The van der Waals surface area contributed by atoms with Gasteiger partial charge in [-0.25, -0.2) is 0 Å². The molecule has 0 bridgehead atoms. The third kappa shape index (κ3) is 2.88. The summed E-state index contributed by atoms with van der Waals surface area (Å²) in [6.45, 7) is 4.70. The molecule has 0 saturated carbocycles. The van der Waals surface area contributed by atoms with E-state index in [0.29, 0.717) is 0 Å². The van der Waals surface area contributed by atoms with Crippen LogP contribution in [0.3, 0.4) is 0 Å². The molecular formula is C39H26N2. The van der Waals surface area contributed by atoms with Gasteiger partial charge in [0.05, 0.1) is 22.1 Å². The number of allylic oxidation sites excluding steroid dienone is 4. The van der Waals surface area contributed by atoms with E-state index in [0.717, 1.165) is 0 Å². The molecule has 0 amide bonds. The van der Waals surface area contributed by atoms with Crippen molar-refractivity contribution in [1.82, 2.24) is 9.13 Å². The van der Waals surface area contributed by atoms with E-state index in [4.69, 9.17) is 0 Å². The SMILES string of the molecule is CC1(C)C2=C(C=C=C=C2)c2ccc3c(c21)c1ccccc1n3-c1ccc2c3ccccc3n(-c3ccccc3)c2c1. The molecule has 0 spiro atoms. The molecule has 192 valence electrons. The van der Waals surface area contributed by atoms with E-state index in [2.05, 4.69) is 156 Å². The Hall–Kier alpha value is -5.26. The van der Waals surface area contributed by atoms with Gasteiger partial charge in [0.2, 0.25) is 0 Å². The van der Waals surface area contributed by atoms with Gasteiger partial charge in [-0.15, -0.1) is 0 Å². The van der Waals surface area contributed by atoms with Crippen LogP contribution >= 0.6 is 0 Å². The molecule has 2 nitrogen and oxygen atoms in total. The maximum Gasteiger partial charge on any atom is 0.0561 e. The molecule has 2 aromatic heterocycles. The minimum absolute atomic E-state index is 0.131. The second kappa shape index (κ2) is 7.90. The van der Waals surface area contributed by atoms with Crippen LogP contribution in [-0.4, -0.2) is 9.13 Å². The van der Waals surface area contributed by atoms with Gasteiger partial charge in [-0.2, -0.15) is 0 Å². The third-order valence-electron chi connectivity index (χ3n) is 9.16. The Labute approximate surface area is 238 Å². The van der Waals surface area contributed by atoms with Gasteiger partial charge >= 0.3 is 0 Å². The Morgan fingerprint density at radius 3 is 2.02 bits per heavy atom. The van der Waals surface area contributed by atoms with Crippen molar-refractivity contribution in [3.63, 3.8) is 0 Å². The van der Waals surface area contributed by atoms with Gasteiger partial charge in [0, 0.05) is 38.3 Å². The fourth-order valence-corrected chi connectivity index (χ4v) is 7.42. The van der Waals surface area contributed by atoms with E-state index < -0.39 is 0 Å². The Morgan fingerprint density at radius 1 is 0.537 bits per heavy atom. The lowest BCUT2D eigenvalue weighted by molar-refractivity contribution is 0.660. The third-order valence-corrected chi connectivity index (χ3v) is 9.16. The summed E-state index contributed by atoms with van der Waals surface area (Å²) in [6.07, 6.45) is 4.22. The summed E-state index contributed by atoms with van der Waals surface area (Å²) in [6, 6.07) is 39.8. The summed E-state index contributed by atoms with van der Waals surface area (Å²) in [5.41, 5.74) is 18.8. The van der Waals surface area contributed by atoms with Crippen LogP contribution in [0.15, 0.2) is 138 Å². The molecule has 2 aliphatic rings. The number of aromatic nitrogens is 2. The smallest absolute Gasteiger partial charge is 0.0561 e. The van der Waals surface area contributed by atoms with Crippen molar-refractivity contribution in [2.24, 2.45) is 0 Å². The molecule has 0 saturated heterocycles. The average molecular weight is 523 g/mol. The zero-order valence-corrected chi connectivity index (χ0v) is 22.9. The number of rotatable bonds is 2. The van der Waals surface area contributed by atoms with Crippen molar-refractivity contribution in [3.05, 3.63) is 150 Å². The highest BCUT2D eigenvalue weighted by Crippen LogP contribution is 2.52. The maximum absolute atomic E-state index is 3.21. The molecule has 0 radical (unpaired) electrons. The Kier molecular flexibility index (Phi) is 4.35. The van der Waals surface area contributed by atoms with Crippen LogP contribution in [0.25, 0.3) is 60.6 Å². The molecule has 2 heteroatoms. The van der Waals surface area contributed by atoms with E-state index in [1.54, 1.807) is 0 Å². The summed E-state index contributed by atoms with van der Waals surface area (Å²) in [7, 11) is 0. The van der Waals surface area contributed by atoms with E-state index in [1.165, 1.54) is 77.3 Å². The molecule has 9 rings (SSSR count). The van der Waals surface area contributed by atoms with Gasteiger partial charge in [-0.3, -0.25) is 0 Å². The quantitative estimate of drug-likeness (QED) is 0.200. The van der Waals surface area contributed by atoms with Crippen LogP contribution in [0.2, 0.25) is 0 Å². The first-order valence-corrected chi connectivity index (χ1v) is 14.2. The molecular weight excluding hydrogens is 496 g/mol. The number of nitrogens with zero attached hydrogens (tertiary/aromatic N) is 2. The molecule has 0 N–H and O–H groups in total. The first kappa shape index (κ1) is 22.5. The normalized spacial score (nSPS) is 15.1. The van der Waals surface area contributed by atoms with Crippen LogP contribution in [0.5, 0.6) is 0 Å². The van der Waals surface area contributed by atoms with E-state index >= 15 is 0 Å².